The summed E-state index contributed by atoms with van der Waals surface area (Å²) < 4.78 is 5.77. The molecule has 3 rings (SSSR count). The Morgan fingerprint density at radius 2 is 1.67 bits per heavy atom. The third-order valence-electron chi connectivity index (χ3n) is 3.99. The minimum absolute atomic E-state index is 0.105. The molecular weight excluding hydrogens is 340 g/mol. The van der Waals surface area contributed by atoms with E-state index in [1.165, 1.54) is 0 Å². The predicted molar refractivity (Wildman–Crippen MR) is 105 cm³/mol. The van der Waals surface area contributed by atoms with Crippen LogP contribution in [0.4, 0.5) is 11.5 Å². The first-order valence-corrected chi connectivity index (χ1v) is 8.88. The highest BCUT2D eigenvalue weighted by molar-refractivity contribution is 5.92. The van der Waals surface area contributed by atoms with Gasteiger partial charge < -0.3 is 15.4 Å². The summed E-state index contributed by atoms with van der Waals surface area (Å²) in [4.78, 5) is 12.0. The van der Waals surface area contributed by atoms with Crippen LogP contribution in [0.15, 0.2) is 66.7 Å². The second-order valence-electron chi connectivity index (χ2n) is 6.15. The molecule has 3 aromatic rings. The number of hydrogen-bond donors (Lipinski definition) is 2. The number of benzene rings is 2. The SMILES string of the molecule is CCC(C)NC(=O)c1ccc(Nc2ccc(Oc3ccccc3)cc2)nn1. The van der Waals surface area contributed by atoms with Crippen molar-refractivity contribution in [3.63, 3.8) is 0 Å². The molecule has 2 N–H and O–H groups in total. The number of rotatable bonds is 7. The molecule has 27 heavy (non-hydrogen) atoms. The van der Waals surface area contributed by atoms with Crippen molar-refractivity contribution < 1.29 is 9.53 Å². The molecule has 1 unspecified atom stereocenters. The van der Waals surface area contributed by atoms with Crippen molar-refractivity contribution in [3.8, 4) is 11.5 Å². The van der Waals surface area contributed by atoms with Crippen LogP contribution in [0.25, 0.3) is 0 Å². The molecule has 0 radical (unpaired) electrons. The molecule has 6 nitrogen and oxygen atoms in total. The van der Waals surface area contributed by atoms with Gasteiger partial charge in [-0.1, -0.05) is 25.1 Å². The van der Waals surface area contributed by atoms with Gasteiger partial charge in [0.2, 0.25) is 0 Å². The summed E-state index contributed by atoms with van der Waals surface area (Å²) in [6, 6.07) is 20.6. The summed E-state index contributed by atoms with van der Waals surface area (Å²) in [5.74, 6) is 1.88. The Bertz CT molecular complexity index is 865. The third-order valence-corrected chi connectivity index (χ3v) is 3.99. The first-order valence-electron chi connectivity index (χ1n) is 8.88. The number of carbonyl (C=O) groups is 1. The largest absolute Gasteiger partial charge is 0.457 e. The van der Waals surface area contributed by atoms with Gasteiger partial charge in [-0.25, -0.2) is 0 Å². The molecule has 0 fully saturated rings. The lowest BCUT2D eigenvalue weighted by Crippen LogP contribution is -2.32. The summed E-state index contributed by atoms with van der Waals surface area (Å²) in [6.07, 6.45) is 0.864. The highest BCUT2D eigenvalue weighted by atomic mass is 16.5. The van der Waals surface area contributed by atoms with Crippen LogP contribution in [0.5, 0.6) is 11.5 Å². The van der Waals surface area contributed by atoms with Crippen LogP contribution in [0, 0.1) is 0 Å². The van der Waals surface area contributed by atoms with Crippen molar-refractivity contribution in [2.45, 2.75) is 26.3 Å². The molecule has 1 heterocycles. The summed E-state index contributed by atoms with van der Waals surface area (Å²) in [5, 5.41) is 14.1. The molecule has 0 spiro atoms. The molecule has 0 aliphatic heterocycles. The van der Waals surface area contributed by atoms with Crippen LogP contribution < -0.4 is 15.4 Å². The van der Waals surface area contributed by atoms with Crippen LogP contribution >= 0.6 is 0 Å². The third kappa shape index (κ3) is 5.28. The van der Waals surface area contributed by atoms with Crippen molar-refractivity contribution >= 4 is 17.4 Å². The Kier molecular flexibility index (Phi) is 5.99. The zero-order valence-electron chi connectivity index (χ0n) is 15.3. The van der Waals surface area contributed by atoms with Gasteiger partial charge in [-0.15, -0.1) is 10.2 Å². The predicted octanol–water partition coefficient (Wildman–Crippen LogP) is 4.54. The van der Waals surface area contributed by atoms with Crippen molar-refractivity contribution in [3.05, 3.63) is 72.4 Å². The minimum atomic E-state index is -0.217. The zero-order valence-corrected chi connectivity index (χ0v) is 15.3. The Balaban J connectivity index is 1.59. The van der Waals surface area contributed by atoms with Gasteiger partial charge in [0.25, 0.3) is 5.91 Å². The van der Waals surface area contributed by atoms with E-state index in [4.69, 9.17) is 4.74 Å². The molecule has 138 valence electrons. The second kappa shape index (κ2) is 8.80. The van der Waals surface area contributed by atoms with Gasteiger partial charge in [0, 0.05) is 11.7 Å². The molecule has 2 aromatic carbocycles. The lowest BCUT2D eigenvalue weighted by molar-refractivity contribution is 0.0933. The Labute approximate surface area is 158 Å². The molecule has 1 aromatic heterocycles. The van der Waals surface area contributed by atoms with Crippen LogP contribution in [0.1, 0.15) is 30.8 Å². The van der Waals surface area contributed by atoms with Gasteiger partial charge >= 0.3 is 0 Å². The molecule has 0 aliphatic rings. The fourth-order valence-corrected chi connectivity index (χ4v) is 2.30. The molecule has 0 saturated carbocycles. The van der Waals surface area contributed by atoms with Gasteiger partial charge in [-0.2, -0.15) is 0 Å². The van der Waals surface area contributed by atoms with E-state index in [9.17, 15) is 4.79 Å². The average molecular weight is 362 g/mol. The van der Waals surface area contributed by atoms with Crippen LogP contribution in [-0.2, 0) is 0 Å². The topological polar surface area (TPSA) is 76.1 Å². The van der Waals surface area contributed by atoms with Crippen molar-refractivity contribution in [2.24, 2.45) is 0 Å². The van der Waals surface area contributed by atoms with Crippen molar-refractivity contribution in [2.75, 3.05) is 5.32 Å². The molecule has 1 atom stereocenters. The fourth-order valence-electron chi connectivity index (χ4n) is 2.30. The van der Waals surface area contributed by atoms with Gasteiger partial charge in [-0.05, 0) is 61.9 Å². The minimum Gasteiger partial charge on any atom is -0.457 e. The smallest absolute Gasteiger partial charge is 0.272 e. The standard InChI is InChI=1S/C21H22N4O2/c1-3-15(2)22-21(26)19-13-14-20(25-24-19)23-16-9-11-18(12-10-16)27-17-7-5-4-6-8-17/h4-15H,3H2,1-2H3,(H,22,26)(H,23,25). The van der Waals surface area contributed by atoms with Gasteiger partial charge in [0.15, 0.2) is 11.5 Å². The van der Waals surface area contributed by atoms with E-state index >= 15 is 0 Å². The molecule has 6 heteroatoms. The first kappa shape index (κ1) is 18.4. The van der Waals surface area contributed by atoms with E-state index in [-0.39, 0.29) is 11.9 Å². The van der Waals surface area contributed by atoms with Gasteiger partial charge in [0.1, 0.15) is 11.5 Å². The average Bonchev–Trinajstić information content (AvgIpc) is 2.70. The molecule has 0 aliphatic carbocycles. The lowest BCUT2D eigenvalue weighted by atomic mass is 10.2. The van der Waals surface area contributed by atoms with E-state index in [1.54, 1.807) is 12.1 Å². The normalized spacial score (nSPS) is 11.5. The highest BCUT2D eigenvalue weighted by Gasteiger charge is 2.10. The number of hydrogen-bond acceptors (Lipinski definition) is 5. The number of ether oxygens (including phenoxy) is 1. The van der Waals surface area contributed by atoms with E-state index in [1.807, 2.05) is 68.4 Å². The zero-order chi connectivity index (χ0) is 19.1. The van der Waals surface area contributed by atoms with E-state index in [0.29, 0.717) is 11.5 Å². The Morgan fingerprint density at radius 1 is 0.963 bits per heavy atom. The van der Waals surface area contributed by atoms with Crippen LogP contribution in [0.2, 0.25) is 0 Å². The second-order valence-corrected chi connectivity index (χ2v) is 6.15. The summed E-state index contributed by atoms with van der Waals surface area (Å²) in [5.41, 5.74) is 1.15. The fraction of sp³-hybridized carbons (Fsp3) is 0.190. The van der Waals surface area contributed by atoms with Crippen LogP contribution in [-0.4, -0.2) is 22.1 Å². The van der Waals surface area contributed by atoms with E-state index < -0.39 is 0 Å². The molecular formula is C21H22N4O2. The number of anilines is 2. The number of nitrogens with zero attached hydrogens (tertiary/aromatic N) is 2. The maximum Gasteiger partial charge on any atom is 0.272 e. The van der Waals surface area contributed by atoms with Crippen LogP contribution in [0.3, 0.4) is 0 Å². The quantitative estimate of drug-likeness (QED) is 0.645. The maximum atomic E-state index is 12.0. The summed E-state index contributed by atoms with van der Waals surface area (Å²) >= 11 is 0. The number of carbonyl (C=O) groups excluding carboxylic acids is 1. The Hall–Kier alpha value is -3.41. The van der Waals surface area contributed by atoms with Crippen molar-refractivity contribution in [1.29, 1.82) is 0 Å². The molecule has 0 bridgehead atoms. The number of para-hydroxylation sites is 1. The monoisotopic (exact) mass is 362 g/mol. The molecule has 1 amide bonds. The lowest BCUT2D eigenvalue weighted by Gasteiger charge is -2.11. The van der Waals surface area contributed by atoms with Gasteiger partial charge in [0.05, 0.1) is 0 Å². The first-order chi connectivity index (χ1) is 13.1. The van der Waals surface area contributed by atoms with Gasteiger partial charge in [-0.3, -0.25) is 4.79 Å². The number of amides is 1. The Morgan fingerprint density at radius 3 is 2.30 bits per heavy atom. The maximum absolute atomic E-state index is 12.0. The summed E-state index contributed by atoms with van der Waals surface area (Å²) in [7, 11) is 0. The molecule has 0 saturated heterocycles. The number of aromatic nitrogens is 2. The highest BCUT2D eigenvalue weighted by Crippen LogP contribution is 2.23. The van der Waals surface area contributed by atoms with E-state index in [0.717, 1.165) is 23.6 Å². The van der Waals surface area contributed by atoms with E-state index in [2.05, 4.69) is 20.8 Å². The number of nitrogens with one attached hydrogen (secondary N) is 2. The summed E-state index contributed by atoms with van der Waals surface area (Å²) in [6.45, 7) is 3.96. The van der Waals surface area contributed by atoms with Crippen molar-refractivity contribution in [1.82, 2.24) is 15.5 Å².